The maximum atomic E-state index is 12.9. The van der Waals surface area contributed by atoms with E-state index in [1.807, 2.05) is 6.92 Å². The van der Waals surface area contributed by atoms with Gasteiger partial charge in [-0.3, -0.25) is 0 Å². The highest BCUT2D eigenvalue weighted by Crippen LogP contribution is 2.37. The fraction of sp³-hybridized carbons (Fsp3) is 0.391. The molecule has 13 nitrogen and oxygen atoms in total. The van der Waals surface area contributed by atoms with Crippen molar-refractivity contribution in [1.82, 2.24) is 0 Å². The molecule has 0 aliphatic carbocycles. The topological polar surface area (TPSA) is 215 Å². The monoisotopic (exact) mass is 540 g/mol. The number of carboxylic acids is 1. The van der Waals surface area contributed by atoms with Gasteiger partial charge in [0.2, 0.25) is 16.3 Å². The van der Waals surface area contributed by atoms with Crippen LogP contribution in [0.2, 0.25) is 0 Å². The molecule has 5 unspecified atom stereocenters. The molecule has 0 saturated carbocycles. The second-order valence-electron chi connectivity index (χ2n) is 8.23. The molecule has 1 aliphatic rings. The first-order valence-electron chi connectivity index (χ1n) is 11.2. The summed E-state index contributed by atoms with van der Waals surface area (Å²) in [6.07, 6.45) is -8.45. The van der Waals surface area contributed by atoms with E-state index in [0.717, 1.165) is 12.5 Å². The van der Waals surface area contributed by atoms with Crippen LogP contribution in [0.3, 0.4) is 0 Å². The number of para-hydroxylation sites is 1. The van der Waals surface area contributed by atoms with Crippen molar-refractivity contribution < 1.29 is 52.6 Å². The fourth-order valence-corrected chi connectivity index (χ4v) is 4.20. The Bertz CT molecular complexity index is 1220. The van der Waals surface area contributed by atoms with E-state index in [-0.39, 0.29) is 17.0 Å². The Morgan fingerprint density at radius 1 is 1.08 bits per heavy atom. The molecule has 1 aliphatic heterocycles. The lowest BCUT2D eigenvalue weighted by atomic mass is 9.99. The molecule has 2 aromatic rings. The zero-order valence-corrected chi connectivity index (χ0v) is 20.5. The van der Waals surface area contributed by atoms with Crippen LogP contribution in [0.5, 0.6) is 11.5 Å². The molecule has 3 rings (SSSR count). The number of carboxylic acid groups (broad SMARTS) is 1. The van der Waals surface area contributed by atoms with Crippen molar-refractivity contribution in [2.24, 2.45) is 5.14 Å². The third kappa shape index (κ3) is 6.74. The van der Waals surface area contributed by atoms with Crippen molar-refractivity contribution >= 4 is 27.6 Å². The number of benzene rings is 2. The summed E-state index contributed by atoms with van der Waals surface area (Å²) in [6.45, 7) is 2.33. The number of esters is 1. The Morgan fingerprint density at radius 2 is 1.76 bits per heavy atom. The number of aliphatic hydroxyl groups excluding tert-OH is 3. The third-order valence-electron chi connectivity index (χ3n) is 5.44. The molecule has 0 bridgehead atoms. The average Bonchev–Trinajstić information content (AvgIpc) is 2.84. The number of sulfonamides is 1. The molecule has 1 heterocycles. The molecule has 0 radical (unpaired) electrons. The lowest BCUT2D eigenvalue weighted by Gasteiger charge is -2.37. The normalized spacial score (nSPS) is 23.8. The van der Waals surface area contributed by atoms with Gasteiger partial charge >= 0.3 is 11.9 Å². The quantitative estimate of drug-likeness (QED) is 0.178. The predicted octanol–water partition coefficient (Wildman–Crippen LogP) is 0.387. The SMILES string of the molecule is CCCCNc1cc(C(=O)OC2OC(C(=O)O)C(O)C(O)C2O)cc(S(N)(=O)=O)c1Oc1ccccc1. The molecule has 2 aromatic carbocycles. The number of rotatable bonds is 10. The van der Waals surface area contributed by atoms with E-state index in [0.29, 0.717) is 18.7 Å². The first-order valence-corrected chi connectivity index (χ1v) is 12.8. The van der Waals surface area contributed by atoms with Gasteiger partial charge in [0, 0.05) is 6.54 Å². The first kappa shape index (κ1) is 28.3. The zero-order chi connectivity index (χ0) is 27.3. The van der Waals surface area contributed by atoms with Crippen LogP contribution in [-0.4, -0.2) is 78.0 Å². The largest absolute Gasteiger partial charge is 0.479 e. The fourth-order valence-electron chi connectivity index (χ4n) is 3.50. The molecule has 0 amide bonds. The van der Waals surface area contributed by atoms with Gasteiger partial charge in [0.15, 0.2) is 11.9 Å². The minimum absolute atomic E-state index is 0.0970. The third-order valence-corrected chi connectivity index (χ3v) is 6.36. The second-order valence-corrected chi connectivity index (χ2v) is 9.76. The van der Waals surface area contributed by atoms with Gasteiger partial charge in [-0.1, -0.05) is 31.5 Å². The zero-order valence-electron chi connectivity index (χ0n) is 19.7. The van der Waals surface area contributed by atoms with E-state index >= 15 is 0 Å². The Labute approximate surface area is 212 Å². The Morgan fingerprint density at radius 3 is 2.35 bits per heavy atom. The van der Waals surface area contributed by atoms with Crippen LogP contribution in [0, 0.1) is 0 Å². The van der Waals surface area contributed by atoms with Crippen molar-refractivity contribution in [2.75, 3.05) is 11.9 Å². The van der Waals surface area contributed by atoms with Crippen molar-refractivity contribution in [1.29, 1.82) is 0 Å². The number of unbranched alkanes of at least 4 members (excludes halogenated alkanes) is 1. The Hall–Kier alpha value is -3.27. The van der Waals surface area contributed by atoms with Gasteiger partial charge in [-0.2, -0.15) is 0 Å². The minimum atomic E-state index is -4.45. The number of hydrogen-bond acceptors (Lipinski definition) is 11. The molecule has 1 fully saturated rings. The number of aliphatic hydroxyl groups is 3. The minimum Gasteiger partial charge on any atom is -0.479 e. The van der Waals surface area contributed by atoms with E-state index in [4.69, 9.17) is 19.3 Å². The van der Waals surface area contributed by atoms with Crippen LogP contribution in [-0.2, 0) is 24.3 Å². The molecule has 14 heteroatoms. The van der Waals surface area contributed by atoms with Crippen molar-refractivity contribution in [3.63, 3.8) is 0 Å². The van der Waals surface area contributed by atoms with Crippen LogP contribution < -0.4 is 15.2 Å². The lowest BCUT2D eigenvalue weighted by molar-refractivity contribution is -0.278. The summed E-state index contributed by atoms with van der Waals surface area (Å²) in [5.74, 6) is -2.76. The van der Waals surface area contributed by atoms with Gasteiger partial charge in [0.25, 0.3) is 0 Å². The molecular formula is C23H28N2O11S. The van der Waals surface area contributed by atoms with Gasteiger partial charge in [-0.05, 0) is 30.7 Å². The number of ether oxygens (including phenoxy) is 3. The lowest BCUT2D eigenvalue weighted by Crippen LogP contribution is -2.60. The first-order chi connectivity index (χ1) is 17.4. The highest BCUT2D eigenvalue weighted by Gasteiger charge is 2.48. The van der Waals surface area contributed by atoms with E-state index in [1.54, 1.807) is 30.3 Å². The maximum absolute atomic E-state index is 12.9. The number of hydrogen-bond donors (Lipinski definition) is 6. The van der Waals surface area contributed by atoms with Crippen LogP contribution >= 0.6 is 0 Å². The number of primary sulfonamides is 1. The van der Waals surface area contributed by atoms with Crippen molar-refractivity contribution in [3.05, 3.63) is 48.0 Å². The molecule has 0 spiro atoms. The van der Waals surface area contributed by atoms with Gasteiger partial charge in [-0.25, -0.2) is 23.1 Å². The molecule has 1 saturated heterocycles. The number of nitrogens with one attached hydrogen (secondary N) is 1. The standard InChI is InChI=1S/C23H28N2O11S/c1-2-3-9-25-14-10-12(11-15(37(24,32)33)19(14)34-13-7-5-4-6-8-13)22(31)36-23-18(28)16(26)17(27)20(35-23)21(29)30/h4-8,10-11,16-18,20,23,25-28H,2-3,9H2,1H3,(H,29,30)(H2,24,32,33). The summed E-state index contributed by atoms with van der Waals surface area (Å²) in [7, 11) is -4.45. The van der Waals surface area contributed by atoms with Crippen LogP contribution in [0.25, 0.3) is 0 Å². The number of aliphatic carboxylic acids is 1. The highest BCUT2D eigenvalue weighted by atomic mass is 32.2. The molecule has 0 aromatic heterocycles. The summed E-state index contributed by atoms with van der Waals surface area (Å²) in [6, 6.07) is 10.4. The Kier molecular flexibility index (Phi) is 9.07. The van der Waals surface area contributed by atoms with Gasteiger partial charge < -0.3 is 40.0 Å². The summed E-state index contributed by atoms with van der Waals surface area (Å²) >= 11 is 0. The number of nitrogens with two attached hydrogens (primary N) is 1. The van der Waals surface area contributed by atoms with Crippen LogP contribution in [0.4, 0.5) is 5.69 Å². The summed E-state index contributed by atoms with van der Waals surface area (Å²) < 4.78 is 40.7. The van der Waals surface area contributed by atoms with Gasteiger partial charge in [-0.15, -0.1) is 0 Å². The summed E-state index contributed by atoms with van der Waals surface area (Å²) in [5.41, 5.74) is -0.258. The molecule has 202 valence electrons. The smallest absolute Gasteiger partial charge is 0.340 e. The van der Waals surface area contributed by atoms with Crippen LogP contribution in [0.1, 0.15) is 30.1 Å². The van der Waals surface area contributed by atoms with Crippen LogP contribution in [0.15, 0.2) is 47.4 Å². The molecule has 7 N–H and O–H groups in total. The second kappa shape index (κ2) is 11.9. The average molecular weight is 541 g/mol. The Balaban J connectivity index is 2.00. The summed E-state index contributed by atoms with van der Waals surface area (Å²) in [5, 5.41) is 47.5. The van der Waals surface area contributed by atoms with E-state index < -0.39 is 57.6 Å². The number of carbonyl (C=O) groups is 2. The summed E-state index contributed by atoms with van der Waals surface area (Å²) in [4.78, 5) is 23.7. The molecular weight excluding hydrogens is 512 g/mol. The predicted molar refractivity (Wildman–Crippen MR) is 127 cm³/mol. The molecule has 5 atom stereocenters. The van der Waals surface area contributed by atoms with Gasteiger partial charge in [0.05, 0.1) is 11.3 Å². The van der Waals surface area contributed by atoms with E-state index in [2.05, 4.69) is 5.32 Å². The maximum Gasteiger partial charge on any atom is 0.340 e. The highest BCUT2D eigenvalue weighted by molar-refractivity contribution is 7.89. The van der Waals surface area contributed by atoms with Crippen molar-refractivity contribution in [2.45, 2.75) is 55.4 Å². The van der Waals surface area contributed by atoms with E-state index in [1.165, 1.54) is 6.07 Å². The molecule has 37 heavy (non-hydrogen) atoms. The van der Waals surface area contributed by atoms with E-state index in [9.17, 15) is 38.4 Å². The van der Waals surface area contributed by atoms with Crippen molar-refractivity contribution in [3.8, 4) is 11.5 Å². The number of anilines is 1. The van der Waals surface area contributed by atoms with Gasteiger partial charge in [0.1, 0.15) is 29.0 Å². The number of carbonyl (C=O) groups excluding carboxylic acids is 1.